The lowest BCUT2D eigenvalue weighted by molar-refractivity contribution is 0.580. The number of hydrogen-bond acceptors (Lipinski definition) is 1. The first-order valence-electron chi connectivity index (χ1n) is 4.41. The molecule has 0 radical (unpaired) electrons. The lowest BCUT2D eigenvalue weighted by atomic mass is 10.1. The third kappa shape index (κ3) is 2.62. The van der Waals surface area contributed by atoms with Gasteiger partial charge in [-0.15, -0.1) is 22.9 Å². The van der Waals surface area contributed by atoms with E-state index in [2.05, 4.69) is 15.9 Å². The van der Waals surface area contributed by atoms with E-state index < -0.39 is 17.0 Å². The second kappa shape index (κ2) is 4.82. The zero-order chi connectivity index (χ0) is 11.7. The highest BCUT2D eigenvalue weighted by Gasteiger charge is 2.14. The molecule has 0 saturated carbocycles. The van der Waals surface area contributed by atoms with Gasteiger partial charge in [0, 0.05) is 10.9 Å². The maximum atomic E-state index is 13.0. The van der Waals surface area contributed by atoms with Gasteiger partial charge in [0.15, 0.2) is 0 Å². The van der Waals surface area contributed by atoms with Gasteiger partial charge >= 0.3 is 0 Å². The molecule has 0 N–H and O–H groups in total. The van der Waals surface area contributed by atoms with Crippen molar-refractivity contribution >= 4 is 38.9 Å². The van der Waals surface area contributed by atoms with E-state index in [0.29, 0.717) is 5.56 Å². The fourth-order valence-corrected chi connectivity index (χ4v) is 3.11. The summed E-state index contributed by atoms with van der Waals surface area (Å²) in [6.45, 7) is 0. The molecule has 0 nitrogen and oxygen atoms in total. The van der Waals surface area contributed by atoms with Crippen molar-refractivity contribution in [2.45, 2.75) is 5.38 Å². The largest absolute Gasteiger partial charge is 0.207 e. The van der Waals surface area contributed by atoms with Gasteiger partial charge in [0.1, 0.15) is 11.6 Å². The van der Waals surface area contributed by atoms with Gasteiger partial charge < -0.3 is 0 Å². The summed E-state index contributed by atoms with van der Waals surface area (Å²) in [7, 11) is 0. The van der Waals surface area contributed by atoms with Gasteiger partial charge in [-0.3, -0.25) is 0 Å². The summed E-state index contributed by atoms with van der Waals surface area (Å²) in [4.78, 5) is 0.846. The van der Waals surface area contributed by atoms with E-state index in [1.165, 1.54) is 23.5 Å². The quantitative estimate of drug-likeness (QED) is 0.673. The highest BCUT2D eigenvalue weighted by atomic mass is 79.9. The maximum Gasteiger partial charge on any atom is 0.126 e. The van der Waals surface area contributed by atoms with E-state index in [4.69, 9.17) is 11.6 Å². The van der Waals surface area contributed by atoms with Gasteiger partial charge in [0.25, 0.3) is 0 Å². The van der Waals surface area contributed by atoms with Crippen molar-refractivity contribution in [3.63, 3.8) is 0 Å². The Hall–Kier alpha value is -0.450. The van der Waals surface area contributed by atoms with E-state index >= 15 is 0 Å². The summed E-state index contributed by atoms with van der Waals surface area (Å²) in [5, 5.41) is -0.526. The van der Waals surface area contributed by atoms with Gasteiger partial charge in [0.05, 0.1) is 9.16 Å². The third-order valence-corrected chi connectivity index (χ3v) is 4.33. The van der Waals surface area contributed by atoms with Crippen LogP contribution in [0, 0.1) is 11.6 Å². The van der Waals surface area contributed by atoms with Crippen LogP contribution >= 0.6 is 38.9 Å². The standard InChI is InChI=1S/C11H6BrClF2S/c12-10-2-1-9(16-10)11(13)6-3-7(14)5-8(15)4-6/h1-5,11H. The molecule has 1 aromatic carbocycles. The van der Waals surface area contributed by atoms with Gasteiger partial charge in [0.2, 0.25) is 0 Å². The molecule has 0 spiro atoms. The average Bonchev–Trinajstić information content (AvgIpc) is 2.62. The number of rotatable bonds is 2. The average molecular weight is 324 g/mol. The molecule has 0 aliphatic carbocycles. The Balaban J connectivity index is 2.37. The minimum Gasteiger partial charge on any atom is -0.207 e. The van der Waals surface area contributed by atoms with Crippen LogP contribution in [0.25, 0.3) is 0 Å². The van der Waals surface area contributed by atoms with Crippen molar-refractivity contribution in [2.75, 3.05) is 0 Å². The zero-order valence-electron chi connectivity index (χ0n) is 7.88. The molecular weight excluding hydrogens is 318 g/mol. The smallest absolute Gasteiger partial charge is 0.126 e. The summed E-state index contributed by atoms with van der Waals surface area (Å²) in [6, 6.07) is 7.00. The molecule has 0 aliphatic heterocycles. The van der Waals surface area contributed by atoms with Crippen LogP contribution in [0.15, 0.2) is 34.1 Å². The Kier molecular flexibility index (Phi) is 3.62. The van der Waals surface area contributed by atoms with Crippen molar-refractivity contribution in [1.29, 1.82) is 0 Å². The minimum atomic E-state index is -0.615. The molecular formula is C11H6BrClF2S. The molecule has 0 saturated heterocycles. The summed E-state index contributed by atoms with van der Waals surface area (Å²) in [6.07, 6.45) is 0. The number of alkyl halides is 1. The molecule has 0 aliphatic rings. The first kappa shape index (κ1) is 12.0. The predicted octanol–water partition coefficient (Wildman–Crippen LogP) is 5.12. The second-order valence-electron chi connectivity index (χ2n) is 3.21. The SMILES string of the molecule is Fc1cc(F)cc(C(Cl)c2ccc(Br)s2)c1. The zero-order valence-corrected chi connectivity index (χ0v) is 11.0. The molecule has 1 atom stereocenters. The minimum absolute atomic E-state index is 0.425. The number of thiophene rings is 1. The lowest BCUT2D eigenvalue weighted by Crippen LogP contribution is -1.93. The molecule has 1 aromatic heterocycles. The van der Waals surface area contributed by atoms with Gasteiger partial charge in [-0.1, -0.05) is 0 Å². The Morgan fingerprint density at radius 3 is 2.25 bits per heavy atom. The van der Waals surface area contributed by atoms with Crippen LogP contribution < -0.4 is 0 Å². The first-order valence-corrected chi connectivity index (χ1v) is 6.46. The van der Waals surface area contributed by atoms with Crippen LogP contribution in [0.5, 0.6) is 0 Å². The first-order chi connectivity index (χ1) is 7.56. The fraction of sp³-hybridized carbons (Fsp3) is 0.0909. The van der Waals surface area contributed by atoms with Gasteiger partial charge in [-0.2, -0.15) is 0 Å². The highest BCUT2D eigenvalue weighted by Crippen LogP contribution is 2.35. The number of benzene rings is 1. The van der Waals surface area contributed by atoms with Crippen LogP contribution in [0.4, 0.5) is 8.78 Å². The van der Waals surface area contributed by atoms with Crippen molar-refractivity contribution < 1.29 is 8.78 Å². The molecule has 1 heterocycles. The second-order valence-corrected chi connectivity index (χ2v) is 6.14. The van der Waals surface area contributed by atoms with Crippen LogP contribution in [0.1, 0.15) is 15.8 Å². The van der Waals surface area contributed by atoms with Crippen molar-refractivity contribution in [3.8, 4) is 0 Å². The topological polar surface area (TPSA) is 0 Å². The molecule has 0 amide bonds. The van der Waals surface area contributed by atoms with E-state index in [-0.39, 0.29) is 0 Å². The number of halogens is 4. The van der Waals surface area contributed by atoms with Crippen molar-refractivity contribution in [2.24, 2.45) is 0 Å². The summed E-state index contributed by atoms with van der Waals surface area (Å²) < 4.78 is 26.9. The van der Waals surface area contributed by atoms with E-state index in [1.54, 1.807) is 0 Å². The number of hydrogen-bond donors (Lipinski definition) is 0. The summed E-state index contributed by atoms with van der Waals surface area (Å²) in [5.74, 6) is -1.23. The highest BCUT2D eigenvalue weighted by molar-refractivity contribution is 9.11. The monoisotopic (exact) mass is 322 g/mol. The molecule has 1 unspecified atom stereocenters. The Morgan fingerprint density at radius 1 is 1.12 bits per heavy atom. The van der Waals surface area contributed by atoms with E-state index in [0.717, 1.165) is 14.7 Å². The maximum absolute atomic E-state index is 13.0. The molecule has 2 aromatic rings. The Labute approximate surface area is 109 Å². The fourth-order valence-electron chi connectivity index (χ4n) is 1.35. The summed E-state index contributed by atoms with van der Waals surface area (Å²) >= 11 is 10.9. The summed E-state index contributed by atoms with van der Waals surface area (Å²) in [5.41, 5.74) is 0.425. The molecule has 0 fully saturated rings. The molecule has 16 heavy (non-hydrogen) atoms. The normalized spacial score (nSPS) is 12.8. The lowest BCUT2D eigenvalue weighted by Gasteiger charge is -2.07. The Morgan fingerprint density at radius 2 is 1.75 bits per heavy atom. The van der Waals surface area contributed by atoms with Crippen LogP contribution in [-0.4, -0.2) is 0 Å². The molecule has 5 heteroatoms. The van der Waals surface area contributed by atoms with Crippen LogP contribution in [0.3, 0.4) is 0 Å². The van der Waals surface area contributed by atoms with Gasteiger partial charge in [-0.25, -0.2) is 8.78 Å². The van der Waals surface area contributed by atoms with E-state index in [9.17, 15) is 8.78 Å². The van der Waals surface area contributed by atoms with Crippen molar-refractivity contribution in [3.05, 3.63) is 56.2 Å². The van der Waals surface area contributed by atoms with Gasteiger partial charge in [-0.05, 0) is 45.8 Å². The Bertz CT molecular complexity index is 492. The predicted molar refractivity (Wildman–Crippen MR) is 66.1 cm³/mol. The third-order valence-electron chi connectivity index (χ3n) is 2.02. The molecule has 84 valence electrons. The van der Waals surface area contributed by atoms with Crippen LogP contribution in [-0.2, 0) is 0 Å². The van der Waals surface area contributed by atoms with Crippen molar-refractivity contribution in [1.82, 2.24) is 0 Å². The van der Waals surface area contributed by atoms with Crippen LogP contribution in [0.2, 0.25) is 0 Å². The van der Waals surface area contributed by atoms with E-state index in [1.807, 2.05) is 12.1 Å². The molecule has 2 rings (SSSR count). The molecule has 0 bridgehead atoms.